The van der Waals surface area contributed by atoms with Gasteiger partial charge in [0.25, 0.3) is 5.88 Å². The number of benzene rings is 1. The van der Waals surface area contributed by atoms with E-state index < -0.39 is 0 Å². The van der Waals surface area contributed by atoms with Crippen LogP contribution in [0.5, 0.6) is 5.88 Å². The highest BCUT2D eigenvalue weighted by atomic mass is 16.5. The van der Waals surface area contributed by atoms with Gasteiger partial charge in [0, 0.05) is 19.6 Å². The number of hydrogen-bond acceptors (Lipinski definition) is 5. The van der Waals surface area contributed by atoms with Crippen molar-refractivity contribution in [3.63, 3.8) is 0 Å². The quantitative estimate of drug-likeness (QED) is 0.913. The second-order valence-corrected chi connectivity index (χ2v) is 5.45. The predicted molar refractivity (Wildman–Crippen MR) is 85.0 cm³/mol. The largest absolute Gasteiger partial charge is 0.475 e. The molecule has 112 valence electrons. The summed E-state index contributed by atoms with van der Waals surface area (Å²) in [7, 11) is 2.06. The molecule has 0 aliphatic carbocycles. The summed E-state index contributed by atoms with van der Waals surface area (Å²) in [6, 6.07) is 8.44. The third-order valence-corrected chi connectivity index (χ3v) is 3.82. The molecule has 1 aliphatic rings. The molecular weight excluding hydrogens is 264 g/mol. The lowest BCUT2D eigenvalue weighted by atomic mass is 10.2. The summed E-state index contributed by atoms with van der Waals surface area (Å²) < 4.78 is 5.70. The van der Waals surface area contributed by atoms with Gasteiger partial charge in [0.05, 0.1) is 17.6 Å². The first-order chi connectivity index (χ1) is 10.3. The number of fused-ring (bicyclic) bond motifs is 1. The summed E-state index contributed by atoms with van der Waals surface area (Å²) in [5.74, 6) is 1.45. The van der Waals surface area contributed by atoms with Crippen molar-refractivity contribution in [2.75, 3.05) is 31.6 Å². The Labute approximate surface area is 125 Å². The first-order valence-electron chi connectivity index (χ1n) is 7.62. The second kappa shape index (κ2) is 6.26. The van der Waals surface area contributed by atoms with Crippen LogP contribution < -0.4 is 15.0 Å². The van der Waals surface area contributed by atoms with E-state index in [9.17, 15) is 0 Å². The van der Waals surface area contributed by atoms with Gasteiger partial charge in [-0.1, -0.05) is 12.1 Å². The Balaban J connectivity index is 1.91. The average Bonchev–Trinajstić information content (AvgIpc) is 2.99. The summed E-state index contributed by atoms with van der Waals surface area (Å²) in [5, 5.41) is 3.52. The first-order valence-corrected chi connectivity index (χ1v) is 7.62. The molecular formula is C16H22N4O. The minimum atomic E-state index is 0.526. The molecule has 0 radical (unpaired) electrons. The molecule has 1 fully saturated rings. The highest BCUT2D eigenvalue weighted by Crippen LogP contribution is 2.26. The molecule has 1 N–H and O–H groups in total. The number of nitrogens with zero attached hydrogens (tertiary/aromatic N) is 3. The fourth-order valence-corrected chi connectivity index (χ4v) is 2.79. The van der Waals surface area contributed by atoms with Crippen molar-refractivity contribution < 1.29 is 4.74 Å². The van der Waals surface area contributed by atoms with Crippen molar-refractivity contribution in [1.29, 1.82) is 0 Å². The molecule has 1 saturated heterocycles. The molecule has 0 amide bonds. The molecule has 5 nitrogen and oxygen atoms in total. The minimum absolute atomic E-state index is 0.526. The zero-order valence-electron chi connectivity index (χ0n) is 12.7. The topological polar surface area (TPSA) is 50.3 Å². The van der Waals surface area contributed by atoms with Crippen LogP contribution in [0.3, 0.4) is 0 Å². The molecule has 1 unspecified atom stereocenters. The maximum Gasteiger partial charge on any atom is 0.258 e. The Kier molecular flexibility index (Phi) is 4.20. The smallest absolute Gasteiger partial charge is 0.258 e. The molecule has 0 bridgehead atoms. The standard InChI is InChI=1S/C16H22N4O/c1-3-21-16-15(20(2)11-12-7-6-10-17-12)18-13-8-4-5-9-14(13)19-16/h4-5,8-9,12,17H,3,6-7,10-11H2,1-2H3. The maximum atomic E-state index is 5.70. The third-order valence-electron chi connectivity index (χ3n) is 3.82. The lowest BCUT2D eigenvalue weighted by molar-refractivity contribution is 0.327. The molecule has 0 spiro atoms. The number of nitrogens with one attached hydrogen (secondary N) is 1. The first kappa shape index (κ1) is 14.1. The Morgan fingerprint density at radius 2 is 2.05 bits per heavy atom. The number of ether oxygens (including phenoxy) is 1. The van der Waals surface area contributed by atoms with E-state index in [1.807, 2.05) is 31.2 Å². The molecule has 1 atom stereocenters. The van der Waals surface area contributed by atoms with Crippen molar-refractivity contribution in [3.05, 3.63) is 24.3 Å². The van der Waals surface area contributed by atoms with Crippen molar-refractivity contribution in [2.24, 2.45) is 0 Å². The Morgan fingerprint density at radius 1 is 1.29 bits per heavy atom. The van der Waals surface area contributed by atoms with Crippen LogP contribution in [-0.4, -0.2) is 42.8 Å². The van der Waals surface area contributed by atoms with Crippen molar-refractivity contribution >= 4 is 16.9 Å². The Hall–Kier alpha value is -1.88. The summed E-state index contributed by atoms with van der Waals surface area (Å²) in [4.78, 5) is 11.5. The van der Waals surface area contributed by atoms with Crippen LogP contribution in [0.1, 0.15) is 19.8 Å². The minimum Gasteiger partial charge on any atom is -0.475 e. The van der Waals surface area contributed by atoms with E-state index in [0.717, 1.165) is 29.9 Å². The molecule has 3 rings (SSSR count). The van der Waals surface area contributed by atoms with E-state index in [2.05, 4.69) is 22.2 Å². The van der Waals surface area contributed by atoms with Crippen LogP contribution >= 0.6 is 0 Å². The number of aromatic nitrogens is 2. The van der Waals surface area contributed by atoms with Crippen LogP contribution in [0.4, 0.5) is 5.82 Å². The number of likely N-dealkylation sites (N-methyl/N-ethyl adjacent to an activating group) is 1. The van der Waals surface area contributed by atoms with E-state index in [4.69, 9.17) is 9.72 Å². The monoisotopic (exact) mass is 286 g/mol. The van der Waals surface area contributed by atoms with E-state index in [1.165, 1.54) is 12.8 Å². The van der Waals surface area contributed by atoms with E-state index in [0.29, 0.717) is 18.5 Å². The maximum absolute atomic E-state index is 5.70. The summed E-state index contributed by atoms with van der Waals surface area (Å²) in [5.41, 5.74) is 1.78. The molecule has 1 aromatic heterocycles. The molecule has 1 aromatic carbocycles. The van der Waals surface area contributed by atoms with Crippen LogP contribution in [0.15, 0.2) is 24.3 Å². The lowest BCUT2D eigenvalue weighted by Crippen LogP contribution is -2.36. The van der Waals surface area contributed by atoms with Crippen LogP contribution in [0.25, 0.3) is 11.0 Å². The molecule has 0 saturated carbocycles. The van der Waals surface area contributed by atoms with Gasteiger partial charge in [0.1, 0.15) is 0 Å². The Bertz CT molecular complexity index is 610. The fourth-order valence-electron chi connectivity index (χ4n) is 2.79. The van der Waals surface area contributed by atoms with Gasteiger partial charge in [-0.05, 0) is 38.4 Å². The number of anilines is 1. The third kappa shape index (κ3) is 3.08. The van der Waals surface area contributed by atoms with Gasteiger partial charge in [-0.15, -0.1) is 0 Å². The zero-order chi connectivity index (χ0) is 14.7. The van der Waals surface area contributed by atoms with Crippen molar-refractivity contribution in [2.45, 2.75) is 25.8 Å². The van der Waals surface area contributed by atoms with Gasteiger partial charge >= 0.3 is 0 Å². The zero-order valence-corrected chi connectivity index (χ0v) is 12.7. The van der Waals surface area contributed by atoms with Gasteiger partial charge in [-0.3, -0.25) is 0 Å². The van der Waals surface area contributed by atoms with Crippen molar-refractivity contribution in [3.8, 4) is 5.88 Å². The van der Waals surface area contributed by atoms with Gasteiger partial charge in [-0.25, -0.2) is 9.97 Å². The highest BCUT2D eigenvalue weighted by molar-refractivity contribution is 5.77. The number of rotatable bonds is 5. The van der Waals surface area contributed by atoms with E-state index >= 15 is 0 Å². The van der Waals surface area contributed by atoms with Crippen molar-refractivity contribution in [1.82, 2.24) is 15.3 Å². The number of hydrogen-bond donors (Lipinski definition) is 1. The second-order valence-electron chi connectivity index (χ2n) is 5.45. The van der Waals surface area contributed by atoms with E-state index in [1.54, 1.807) is 0 Å². The molecule has 5 heteroatoms. The van der Waals surface area contributed by atoms with Gasteiger partial charge in [-0.2, -0.15) is 0 Å². The average molecular weight is 286 g/mol. The van der Waals surface area contributed by atoms with Gasteiger partial charge < -0.3 is 15.0 Å². The summed E-state index contributed by atoms with van der Waals surface area (Å²) in [6.07, 6.45) is 2.47. The predicted octanol–water partition coefficient (Wildman–Crippen LogP) is 2.22. The molecule has 1 aliphatic heterocycles. The van der Waals surface area contributed by atoms with Crippen LogP contribution in [0, 0.1) is 0 Å². The van der Waals surface area contributed by atoms with Gasteiger partial charge in [0.2, 0.25) is 0 Å². The van der Waals surface area contributed by atoms with Gasteiger partial charge in [0.15, 0.2) is 5.82 Å². The Morgan fingerprint density at radius 3 is 2.71 bits per heavy atom. The highest BCUT2D eigenvalue weighted by Gasteiger charge is 2.20. The molecule has 2 heterocycles. The van der Waals surface area contributed by atoms with Crippen LogP contribution in [0.2, 0.25) is 0 Å². The lowest BCUT2D eigenvalue weighted by Gasteiger charge is -2.24. The van der Waals surface area contributed by atoms with Crippen LogP contribution in [-0.2, 0) is 0 Å². The SMILES string of the molecule is CCOc1nc2ccccc2nc1N(C)CC1CCCN1. The molecule has 2 aromatic rings. The normalized spacial score (nSPS) is 18.1. The number of para-hydroxylation sites is 2. The summed E-state index contributed by atoms with van der Waals surface area (Å²) in [6.45, 7) is 4.60. The fraction of sp³-hybridized carbons (Fsp3) is 0.500. The summed E-state index contributed by atoms with van der Waals surface area (Å²) >= 11 is 0. The molecule has 21 heavy (non-hydrogen) atoms. The van der Waals surface area contributed by atoms with E-state index in [-0.39, 0.29) is 0 Å².